The molecule has 0 amide bonds. The zero-order valence-corrected chi connectivity index (χ0v) is 12.2. The summed E-state index contributed by atoms with van der Waals surface area (Å²) in [6, 6.07) is 23.1. The quantitative estimate of drug-likeness (QED) is 0.382. The Kier molecular flexibility index (Phi) is 2.76. The van der Waals surface area contributed by atoms with Gasteiger partial charge in [-0.2, -0.15) is 0 Å². The van der Waals surface area contributed by atoms with Crippen molar-refractivity contribution in [2.75, 3.05) is 0 Å². The van der Waals surface area contributed by atoms with Crippen LogP contribution in [0.2, 0.25) is 5.02 Å². The van der Waals surface area contributed by atoms with E-state index in [-0.39, 0.29) is 0 Å². The molecule has 20 heavy (non-hydrogen) atoms. The van der Waals surface area contributed by atoms with E-state index in [1.54, 1.807) is 0 Å². The van der Waals surface area contributed by atoms with Crippen molar-refractivity contribution >= 4 is 43.1 Å². The Bertz CT molecular complexity index is 907. The van der Waals surface area contributed by atoms with E-state index in [0.29, 0.717) is 0 Å². The monoisotopic (exact) mass is 294 g/mol. The summed E-state index contributed by atoms with van der Waals surface area (Å²) >= 11 is 8.17. The fourth-order valence-corrected chi connectivity index (χ4v) is 4.06. The topological polar surface area (TPSA) is 0 Å². The molecule has 0 saturated carbocycles. The van der Waals surface area contributed by atoms with Crippen molar-refractivity contribution in [1.82, 2.24) is 0 Å². The van der Waals surface area contributed by atoms with Crippen molar-refractivity contribution in [3.63, 3.8) is 0 Å². The average Bonchev–Trinajstić information content (AvgIpc) is 2.86. The number of fused-ring (bicyclic) bond motifs is 3. The molecule has 3 aromatic carbocycles. The number of thiophene rings is 1. The Morgan fingerprint density at radius 1 is 0.750 bits per heavy atom. The van der Waals surface area contributed by atoms with Crippen molar-refractivity contribution < 1.29 is 0 Å². The molecule has 0 N–H and O–H groups in total. The predicted molar refractivity (Wildman–Crippen MR) is 89.8 cm³/mol. The Balaban J connectivity index is 2.16. The first-order chi connectivity index (χ1) is 9.83. The first kappa shape index (κ1) is 12.0. The molecule has 0 unspecified atom stereocenters. The van der Waals surface area contributed by atoms with Gasteiger partial charge in [0.15, 0.2) is 0 Å². The second-order valence-electron chi connectivity index (χ2n) is 4.79. The van der Waals surface area contributed by atoms with Gasteiger partial charge >= 0.3 is 0 Å². The van der Waals surface area contributed by atoms with Crippen molar-refractivity contribution in [3.8, 4) is 11.1 Å². The van der Waals surface area contributed by atoms with Crippen molar-refractivity contribution in [2.24, 2.45) is 0 Å². The van der Waals surface area contributed by atoms with Crippen LogP contribution in [0.5, 0.6) is 0 Å². The van der Waals surface area contributed by atoms with E-state index in [1.165, 1.54) is 31.3 Å². The van der Waals surface area contributed by atoms with Crippen molar-refractivity contribution in [1.29, 1.82) is 0 Å². The van der Waals surface area contributed by atoms with Crippen LogP contribution in [0.15, 0.2) is 66.7 Å². The van der Waals surface area contributed by atoms with Gasteiger partial charge in [0.05, 0.1) is 0 Å². The number of hydrogen-bond acceptors (Lipinski definition) is 1. The van der Waals surface area contributed by atoms with Gasteiger partial charge in [-0.3, -0.25) is 0 Å². The molecule has 1 heterocycles. The Labute approximate surface area is 126 Å². The molecule has 0 aliphatic carbocycles. The van der Waals surface area contributed by atoms with E-state index in [1.807, 2.05) is 17.4 Å². The number of rotatable bonds is 1. The summed E-state index contributed by atoms with van der Waals surface area (Å²) < 4.78 is 2.61. The molecular weight excluding hydrogens is 284 g/mol. The van der Waals surface area contributed by atoms with E-state index < -0.39 is 0 Å². The summed E-state index contributed by atoms with van der Waals surface area (Å²) in [6.45, 7) is 0. The lowest BCUT2D eigenvalue weighted by atomic mass is 10.0. The maximum atomic E-state index is 6.34. The maximum Gasteiger partial charge on any atom is 0.0434 e. The average molecular weight is 295 g/mol. The molecule has 4 rings (SSSR count). The molecule has 4 aromatic rings. The molecule has 0 saturated heterocycles. The first-order valence-electron chi connectivity index (χ1n) is 6.49. The van der Waals surface area contributed by atoms with Crippen LogP contribution < -0.4 is 0 Å². The lowest BCUT2D eigenvalue weighted by molar-refractivity contribution is 1.67. The molecule has 0 aliphatic heterocycles. The highest BCUT2D eigenvalue weighted by atomic mass is 35.5. The summed E-state index contributed by atoms with van der Waals surface area (Å²) in [7, 11) is 0. The van der Waals surface area contributed by atoms with Crippen LogP contribution in [0.1, 0.15) is 0 Å². The van der Waals surface area contributed by atoms with Gasteiger partial charge in [0.25, 0.3) is 0 Å². The largest absolute Gasteiger partial charge is 0.135 e. The number of benzene rings is 3. The summed E-state index contributed by atoms with van der Waals surface area (Å²) in [5, 5.41) is 3.32. The SMILES string of the molecule is Clc1cc(-c2ccccc2)c2sc3ccccc3c2c1. The molecular formula is C18H11ClS. The van der Waals surface area contributed by atoms with Gasteiger partial charge in [-0.25, -0.2) is 0 Å². The first-order valence-corrected chi connectivity index (χ1v) is 7.68. The van der Waals surface area contributed by atoms with Crippen LogP contribution in [0.3, 0.4) is 0 Å². The van der Waals surface area contributed by atoms with E-state index in [4.69, 9.17) is 11.6 Å². The fraction of sp³-hybridized carbons (Fsp3) is 0. The lowest BCUT2D eigenvalue weighted by Crippen LogP contribution is -1.78. The third kappa shape index (κ3) is 1.82. The Morgan fingerprint density at radius 2 is 1.50 bits per heavy atom. The summed E-state index contributed by atoms with van der Waals surface area (Å²) in [4.78, 5) is 0. The molecule has 0 spiro atoms. The molecule has 0 fully saturated rings. The molecule has 1 aromatic heterocycles. The highest BCUT2D eigenvalue weighted by Crippen LogP contribution is 2.41. The van der Waals surface area contributed by atoms with Gasteiger partial charge in [-0.05, 0) is 23.8 Å². The minimum Gasteiger partial charge on any atom is -0.135 e. The predicted octanol–water partition coefficient (Wildman–Crippen LogP) is 6.37. The second-order valence-corrected chi connectivity index (χ2v) is 6.28. The number of hydrogen-bond donors (Lipinski definition) is 0. The van der Waals surface area contributed by atoms with Crippen molar-refractivity contribution in [3.05, 3.63) is 71.8 Å². The molecule has 96 valence electrons. The van der Waals surface area contributed by atoms with Crippen LogP contribution in [0.25, 0.3) is 31.3 Å². The van der Waals surface area contributed by atoms with E-state index in [0.717, 1.165) is 5.02 Å². The summed E-state index contributed by atoms with van der Waals surface area (Å²) in [5.74, 6) is 0. The smallest absolute Gasteiger partial charge is 0.0434 e. The van der Waals surface area contributed by atoms with Crippen LogP contribution in [-0.2, 0) is 0 Å². The zero-order valence-electron chi connectivity index (χ0n) is 10.6. The summed E-state index contributed by atoms with van der Waals surface area (Å²) in [5.41, 5.74) is 2.43. The van der Waals surface area contributed by atoms with Gasteiger partial charge in [-0.1, -0.05) is 60.1 Å². The third-order valence-corrected chi connectivity index (χ3v) is 4.97. The zero-order chi connectivity index (χ0) is 13.5. The highest BCUT2D eigenvalue weighted by molar-refractivity contribution is 7.26. The lowest BCUT2D eigenvalue weighted by Gasteiger charge is -2.04. The summed E-state index contributed by atoms with van der Waals surface area (Å²) in [6.07, 6.45) is 0. The minimum absolute atomic E-state index is 0.792. The van der Waals surface area contributed by atoms with Gasteiger partial charge in [0, 0.05) is 30.8 Å². The van der Waals surface area contributed by atoms with Crippen LogP contribution in [0.4, 0.5) is 0 Å². The van der Waals surface area contributed by atoms with Crippen molar-refractivity contribution in [2.45, 2.75) is 0 Å². The standard InChI is InChI=1S/C18H11ClS/c19-13-10-15(12-6-2-1-3-7-12)18-16(11-13)14-8-4-5-9-17(14)20-18/h1-11H. The molecule has 0 bridgehead atoms. The second kappa shape index (κ2) is 4.62. The maximum absolute atomic E-state index is 6.34. The molecule has 0 radical (unpaired) electrons. The Hall–Kier alpha value is -1.83. The highest BCUT2D eigenvalue weighted by Gasteiger charge is 2.11. The number of halogens is 1. The Morgan fingerprint density at radius 3 is 2.35 bits per heavy atom. The molecule has 0 nitrogen and oxygen atoms in total. The van der Waals surface area contributed by atoms with Gasteiger partial charge in [0.1, 0.15) is 0 Å². The van der Waals surface area contributed by atoms with E-state index in [9.17, 15) is 0 Å². The van der Waals surface area contributed by atoms with Gasteiger partial charge < -0.3 is 0 Å². The van der Waals surface area contributed by atoms with Gasteiger partial charge in [0.2, 0.25) is 0 Å². The molecule has 2 heteroatoms. The fourth-order valence-electron chi connectivity index (χ4n) is 2.62. The minimum atomic E-state index is 0.792. The third-order valence-electron chi connectivity index (χ3n) is 3.53. The molecule has 0 aliphatic rings. The van der Waals surface area contributed by atoms with Gasteiger partial charge in [-0.15, -0.1) is 11.3 Å². The molecule has 0 atom stereocenters. The van der Waals surface area contributed by atoms with Crippen LogP contribution in [-0.4, -0.2) is 0 Å². The van der Waals surface area contributed by atoms with E-state index >= 15 is 0 Å². The normalized spacial score (nSPS) is 11.2. The van der Waals surface area contributed by atoms with Crippen LogP contribution >= 0.6 is 22.9 Å². The van der Waals surface area contributed by atoms with E-state index in [2.05, 4.69) is 60.7 Å². The van der Waals surface area contributed by atoms with Crippen LogP contribution in [0, 0.1) is 0 Å².